The van der Waals surface area contributed by atoms with E-state index in [2.05, 4.69) is 0 Å². The summed E-state index contributed by atoms with van der Waals surface area (Å²) >= 11 is 0. The molecule has 4 heteroatoms. The number of Topliss-reactive ketones (excluding diaryl/α,β-unsaturated/α-hetero) is 1. The number of alkyl halides is 2. The third-order valence-electron chi connectivity index (χ3n) is 2.61. The lowest BCUT2D eigenvalue weighted by Gasteiger charge is -2.12. The normalized spacial score (nSPS) is 10.9. The summed E-state index contributed by atoms with van der Waals surface area (Å²) in [6, 6.07) is 10.6. The van der Waals surface area contributed by atoms with Crippen molar-refractivity contribution in [3.63, 3.8) is 0 Å². The lowest BCUT2D eigenvalue weighted by molar-refractivity contribution is 0.0810. The Hall–Kier alpha value is -1.97. The number of rotatable bonds is 4. The second-order valence-electron chi connectivity index (χ2n) is 3.92. The number of hydrogen-bond donors (Lipinski definition) is 0. The fourth-order valence-corrected chi connectivity index (χ4v) is 1.82. The monoisotopic (exact) mass is 250 g/mol. The zero-order valence-electron chi connectivity index (χ0n) is 9.82. The molecule has 0 aliphatic heterocycles. The van der Waals surface area contributed by atoms with E-state index in [-0.39, 0.29) is 11.5 Å². The van der Waals surface area contributed by atoms with Gasteiger partial charge in [-0.2, -0.15) is 0 Å². The SMILES string of the molecule is CC(=O)c1ccc2ccccc2c1OCC(F)F. The van der Waals surface area contributed by atoms with Crippen molar-refractivity contribution in [3.8, 4) is 5.75 Å². The molecule has 94 valence electrons. The highest BCUT2D eigenvalue weighted by Gasteiger charge is 2.14. The molecule has 0 atom stereocenters. The average molecular weight is 250 g/mol. The van der Waals surface area contributed by atoms with E-state index in [0.717, 1.165) is 5.39 Å². The summed E-state index contributed by atoms with van der Waals surface area (Å²) in [5.74, 6) is 0.0333. The van der Waals surface area contributed by atoms with Gasteiger partial charge in [0.2, 0.25) is 0 Å². The van der Waals surface area contributed by atoms with Crippen molar-refractivity contribution in [3.05, 3.63) is 42.0 Å². The van der Waals surface area contributed by atoms with Gasteiger partial charge in [-0.05, 0) is 18.4 Å². The van der Waals surface area contributed by atoms with Gasteiger partial charge in [0.25, 0.3) is 6.43 Å². The lowest BCUT2D eigenvalue weighted by atomic mass is 10.0. The van der Waals surface area contributed by atoms with Crippen LogP contribution in [0.15, 0.2) is 36.4 Å². The van der Waals surface area contributed by atoms with Crippen molar-refractivity contribution in [1.29, 1.82) is 0 Å². The molecule has 0 saturated heterocycles. The van der Waals surface area contributed by atoms with Crippen molar-refractivity contribution in [2.75, 3.05) is 6.61 Å². The molecule has 18 heavy (non-hydrogen) atoms. The van der Waals surface area contributed by atoms with Gasteiger partial charge in [-0.3, -0.25) is 4.79 Å². The van der Waals surface area contributed by atoms with Crippen LogP contribution < -0.4 is 4.74 Å². The minimum atomic E-state index is -2.57. The Kier molecular flexibility index (Phi) is 3.55. The third kappa shape index (κ3) is 2.47. The quantitative estimate of drug-likeness (QED) is 0.773. The number of carbonyl (C=O) groups is 1. The van der Waals surface area contributed by atoms with Gasteiger partial charge in [0, 0.05) is 5.39 Å². The molecule has 0 aliphatic rings. The van der Waals surface area contributed by atoms with Crippen molar-refractivity contribution in [1.82, 2.24) is 0 Å². The number of ether oxygens (including phenoxy) is 1. The molecule has 0 radical (unpaired) electrons. The molecular weight excluding hydrogens is 238 g/mol. The second kappa shape index (κ2) is 5.12. The van der Waals surface area contributed by atoms with E-state index in [1.54, 1.807) is 24.3 Å². The van der Waals surface area contributed by atoms with Crippen molar-refractivity contribution < 1.29 is 18.3 Å². The predicted octanol–water partition coefficient (Wildman–Crippen LogP) is 3.69. The van der Waals surface area contributed by atoms with Crippen LogP contribution in [0.2, 0.25) is 0 Å². The maximum Gasteiger partial charge on any atom is 0.272 e. The Morgan fingerprint density at radius 2 is 1.94 bits per heavy atom. The van der Waals surface area contributed by atoms with Crippen LogP contribution >= 0.6 is 0 Å². The Labute approximate surface area is 103 Å². The molecular formula is C14H12F2O2. The maximum atomic E-state index is 12.2. The Balaban J connectivity index is 2.55. The van der Waals surface area contributed by atoms with Gasteiger partial charge < -0.3 is 4.74 Å². The molecule has 2 aromatic carbocycles. The number of benzene rings is 2. The van der Waals surface area contributed by atoms with Crippen LogP contribution in [0.5, 0.6) is 5.75 Å². The van der Waals surface area contributed by atoms with Gasteiger partial charge in [0.1, 0.15) is 12.4 Å². The Morgan fingerprint density at radius 1 is 1.22 bits per heavy atom. The van der Waals surface area contributed by atoms with Gasteiger partial charge >= 0.3 is 0 Å². The number of ketones is 1. The Morgan fingerprint density at radius 3 is 2.61 bits per heavy atom. The first-order valence-corrected chi connectivity index (χ1v) is 5.53. The number of halogens is 2. The van der Waals surface area contributed by atoms with E-state index in [9.17, 15) is 13.6 Å². The van der Waals surface area contributed by atoms with E-state index in [0.29, 0.717) is 10.9 Å². The molecule has 0 bridgehead atoms. The smallest absolute Gasteiger partial charge is 0.272 e. The second-order valence-corrected chi connectivity index (χ2v) is 3.92. The molecule has 0 amide bonds. The van der Waals surface area contributed by atoms with Crippen LogP contribution in [0.25, 0.3) is 10.8 Å². The summed E-state index contributed by atoms with van der Waals surface area (Å²) in [5, 5.41) is 1.53. The molecule has 0 saturated carbocycles. The number of fused-ring (bicyclic) bond motifs is 1. The third-order valence-corrected chi connectivity index (χ3v) is 2.61. The number of carbonyl (C=O) groups excluding carboxylic acids is 1. The van der Waals surface area contributed by atoms with E-state index < -0.39 is 13.0 Å². The van der Waals surface area contributed by atoms with Gasteiger partial charge in [0.05, 0.1) is 5.56 Å². The van der Waals surface area contributed by atoms with E-state index in [1.165, 1.54) is 6.92 Å². The Bertz CT molecular complexity index is 579. The summed E-state index contributed by atoms with van der Waals surface area (Å²) < 4.78 is 29.6. The van der Waals surface area contributed by atoms with Gasteiger partial charge in [-0.1, -0.05) is 30.3 Å². The van der Waals surface area contributed by atoms with Crippen LogP contribution in [0.1, 0.15) is 17.3 Å². The van der Waals surface area contributed by atoms with Crippen molar-refractivity contribution in [2.24, 2.45) is 0 Å². The molecule has 0 heterocycles. The molecule has 0 N–H and O–H groups in total. The van der Waals surface area contributed by atoms with Crippen LogP contribution in [0.4, 0.5) is 8.78 Å². The summed E-state index contributed by atoms with van der Waals surface area (Å²) in [5.41, 5.74) is 0.328. The predicted molar refractivity (Wildman–Crippen MR) is 65.5 cm³/mol. The molecule has 0 aromatic heterocycles. The van der Waals surface area contributed by atoms with E-state index in [1.807, 2.05) is 12.1 Å². The van der Waals surface area contributed by atoms with E-state index >= 15 is 0 Å². The zero-order chi connectivity index (χ0) is 13.1. The van der Waals surface area contributed by atoms with Crippen molar-refractivity contribution in [2.45, 2.75) is 13.3 Å². The molecule has 2 rings (SSSR count). The largest absolute Gasteiger partial charge is 0.486 e. The van der Waals surface area contributed by atoms with Crippen molar-refractivity contribution >= 4 is 16.6 Å². The fraction of sp³-hybridized carbons (Fsp3) is 0.214. The summed E-state index contributed by atoms with van der Waals surface area (Å²) in [6.07, 6.45) is -2.57. The highest BCUT2D eigenvalue weighted by molar-refractivity contribution is 6.03. The van der Waals surface area contributed by atoms with Gasteiger partial charge in [0.15, 0.2) is 5.78 Å². The number of hydrogen-bond acceptors (Lipinski definition) is 2. The molecule has 0 spiro atoms. The van der Waals surface area contributed by atoms with E-state index in [4.69, 9.17) is 4.74 Å². The maximum absolute atomic E-state index is 12.2. The van der Waals surface area contributed by atoms with Gasteiger partial charge in [-0.25, -0.2) is 8.78 Å². The fourth-order valence-electron chi connectivity index (χ4n) is 1.82. The topological polar surface area (TPSA) is 26.3 Å². The zero-order valence-corrected chi connectivity index (χ0v) is 9.82. The first kappa shape index (κ1) is 12.5. The van der Waals surface area contributed by atoms with Crippen LogP contribution in [0.3, 0.4) is 0 Å². The standard InChI is InChI=1S/C14H12F2O2/c1-9(17)11-7-6-10-4-2-3-5-12(10)14(11)18-8-13(15)16/h2-7,13H,8H2,1H3. The summed E-state index contributed by atoms with van der Waals surface area (Å²) in [4.78, 5) is 11.5. The summed E-state index contributed by atoms with van der Waals surface area (Å²) in [7, 11) is 0. The highest BCUT2D eigenvalue weighted by atomic mass is 19.3. The minimum absolute atomic E-state index is 0.204. The lowest BCUT2D eigenvalue weighted by Crippen LogP contribution is -2.10. The van der Waals surface area contributed by atoms with Crippen LogP contribution in [-0.4, -0.2) is 18.8 Å². The molecule has 2 aromatic rings. The van der Waals surface area contributed by atoms with Crippen LogP contribution in [-0.2, 0) is 0 Å². The molecule has 0 fully saturated rings. The molecule has 0 aliphatic carbocycles. The van der Waals surface area contributed by atoms with Gasteiger partial charge in [-0.15, -0.1) is 0 Å². The molecule has 2 nitrogen and oxygen atoms in total. The molecule has 0 unspecified atom stereocenters. The first-order chi connectivity index (χ1) is 8.59. The summed E-state index contributed by atoms with van der Waals surface area (Å²) in [6.45, 7) is 0.674. The highest BCUT2D eigenvalue weighted by Crippen LogP contribution is 2.30. The first-order valence-electron chi connectivity index (χ1n) is 5.53. The minimum Gasteiger partial charge on any atom is -0.486 e. The average Bonchev–Trinajstić information content (AvgIpc) is 2.35. The van der Waals surface area contributed by atoms with Crippen LogP contribution in [0, 0.1) is 0 Å².